The molecule has 4 atom stereocenters. The molecule has 0 saturated carbocycles. The number of aliphatic hydroxyl groups excluding tert-OH is 5. The molecule has 0 fully saturated rings. The predicted molar refractivity (Wildman–Crippen MR) is 48.1 cm³/mol. The van der Waals surface area contributed by atoms with Crippen LogP contribution in [-0.4, -0.2) is 97.5 Å². The van der Waals surface area contributed by atoms with Crippen molar-refractivity contribution < 1.29 is 40.9 Å². The molecule has 0 spiro atoms. The first kappa shape index (κ1) is 20.5. The van der Waals surface area contributed by atoms with Gasteiger partial charge >= 0.3 is 5.97 Å². The van der Waals surface area contributed by atoms with Gasteiger partial charge in [0, 0.05) is 24.4 Å². The second kappa shape index (κ2) is 9.29. The Morgan fingerprint density at radius 3 is 1.73 bits per heavy atom. The van der Waals surface area contributed by atoms with Crippen LogP contribution in [0.1, 0.15) is 0 Å². The molecule has 0 bridgehead atoms. The first-order chi connectivity index (χ1) is 5.91. The van der Waals surface area contributed by atoms with Gasteiger partial charge in [-0.05, 0) is 0 Å². The topological polar surface area (TPSA) is 170 Å². The second-order valence-corrected chi connectivity index (χ2v) is 2.51. The van der Waals surface area contributed by atoms with Gasteiger partial charge < -0.3 is 36.1 Å². The third-order valence-electron chi connectivity index (χ3n) is 1.51. The van der Waals surface area contributed by atoms with Crippen LogP contribution >= 0.6 is 0 Å². The van der Waals surface area contributed by atoms with E-state index in [0.29, 0.717) is 0 Å². The van der Waals surface area contributed by atoms with Gasteiger partial charge in [0.2, 0.25) is 0 Å². The Bertz CT molecular complexity index is 177. The Balaban J connectivity index is -0.000000720. The predicted octanol–water partition coefficient (Wildman–Crippen LogP) is -4.70. The summed E-state index contributed by atoms with van der Waals surface area (Å²) in [7, 11) is 0. The summed E-state index contributed by atoms with van der Waals surface area (Å²) in [6, 6.07) is 0. The molecule has 4 unspecified atom stereocenters. The van der Waals surface area contributed by atoms with E-state index in [4.69, 9.17) is 30.6 Å². The first-order valence-corrected chi connectivity index (χ1v) is 3.47. The van der Waals surface area contributed by atoms with Crippen molar-refractivity contribution in [3.63, 3.8) is 0 Å². The van der Waals surface area contributed by atoms with Crippen molar-refractivity contribution in [3.05, 3.63) is 0 Å². The van der Waals surface area contributed by atoms with Crippen molar-refractivity contribution in [1.82, 2.24) is 0 Å². The van der Waals surface area contributed by atoms with Crippen LogP contribution in [0.15, 0.2) is 0 Å². The van der Waals surface area contributed by atoms with Crippen molar-refractivity contribution >= 4 is 30.4 Å². The molecule has 0 heterocycles. The fourth-order valence-corrected chi connectivity index (χ4v) is 0.668. The number of carboxylic acids is 1. The van der Waals surface area contributed by atoms with Crippen LogP contribution in [0.3, 0.4) is 0 Å². The number of hydrogen-bond acceptors (Lipinski definition) is 6. The summed E-state index contributed by atoms with van der Waals surface area (Å²) >= 11 is 0. The molecule has 0 saturated heterocycles. The number of carboxylic acid groups (broad SMARTS) is 1. The van der Waals surface area contributed by atoms with Gasteiger partial charge in [0.25, 0.3) is 0 Å². The van der Waals surface area contributed by atoms with Crippen LogP contribution in [-0.2, 0) is 4.79 Å². The quantitative estimate of drug-likeness (QED) is 0.274. The van der Waals surface area contributed by atoms with Crippen molar-refractivity contribution in [2.24, 2.45) is 0 Å². The second-order valence-electron chi connectivity index (χ2n) is 2.51. The minimum atomic E-state index is -2.20. The normalized spacial score (nSPS) is 17.7. The molecule has 15 heavy (non-hydrogen) atoms. The maximum atomic E-state index is 10.1. The zero-order chi connectivity index (χ0) is 10.6. The average molecular weight is 336 g/mol. The number of carbonyl (C=O) groups is 1. The first-order valence-electron chi connectivity index (χ1n) is 3.47. The molecule has 3 radical (unpaired) electrons. The van der Waals surface area contributed by atoms with Gasteiger partial charge in [0.15, 0.2) is 6.10 Å². The summed E-state index contributed by atoms with van der Waals surface area (Å²) in [5.74, 6) is -1.73. The minimum absolute atomic E-state index is 0. The van der Waals surface area contributed by atoms with Crippen LogP contribution in [0.2, 0.25) is 0 Å². The molecule has 91 valence electrons. The standard InChI is InChI=1S/C6H12O7.H2O.Sb/c7-1-2(8)3(9)4(10)5(11)6(12)13;;/h2-5,7-11H,1H2,(H,12,13);1H2;. The van der Waals surface area contributed by atoms with Crippen LogP contribution < -0.4 is 0 Å². The fourth-order valence-electron chi connectivity index (χ4n) is 0.668. The molecule has 0 aliphatic carbocycles. The minimum Gasteiger partial charge on any atom is -0.479 e. The summed E-state index contributed by atoms with van der Waals surface area (Å²) in [6.45, 7) is -0.843. The molecule has 9 heteroatoms. The van der Waals surface area contributed by atoms with Crippen molar-refractivity contribution in [1.29, 1.82) is 0 Å². The molecule has 0 aromatic heterocycles. The average Bonchev–Trinajstić information content (AvgIpc) is 2.12. The molecule has 0 aliphatic heterocycles. The Morgan fingerprint density at radius 1 is 1.07 bits per heavy atom. The molecular weight excluding hydrogens is 322 g/mol. The van der Waals surface area contributed by atoms with Crippen molar-refractivity contribution in [2.45, 2.75) is 24.4 Å². The Hall–Kier alpha value is 0.0482. The molecular formula is C6H14O8Sb. The Morgan fingerprint density at radius 2 is 1.47 bits per heavy atom. The number of aliphatic carboxylic acids is 1. The van der Waals surface area contributed by atoms with E-state index in [0.717, 1.165) is 0 Å². The number of rotatable bonds is 5. The zero-order valence-corrected chi connectivity index (χ0v) is 10.1. The largest absolute Gasteiger partial charge is 0.479 e. The van der Waals surface area contributed by atoms with E-state index < -0.39 is 37.0 Å². The molecule has 0 aromatic carbocycles. The maximum Gasteiger partial charge on any atom is 0.335 e. The Kier molecular flexibility index (Phi) is 12.7. The molecule has 0 rings (SSSR count). The van der Waals surface area contributed by atoms with E-state index in [9.17, 15) is 4.79 Å². The smallest absolute Gasteiger partial charge is 0.335 e. The Labute approximate surface area is 103 Å². The van der Waals surface area contributed by atoms with E-state index in [1.54, 1.807) is 0 Å². The maximum absolute atomic E-state index is 10.1. The van der Waals surface area contributed by atoms with E-state index in [2.05, 4.69) is 0 Å². The van der Waals surface area contributed by atoms with Crippen molar-refractivity contribution in [2.75, 3.05) is 6.61 Å². The van der Waals surface area contributed by atoms with Crippen molar-refractivity contribution in [3.8, 4) is 0 Å². The summed E-state index contributed by atoms with van der Waals surface area (Å²) in [6.07, 6.45) is -7.84. The fraction of sp³-hybridized carbons (Fsp3) is 0.833. The third kappa shape index (κ3) is 6.26. The van der Waals surface area contributed by atoms with Gasteiger partial charge in [-0.1, -0.05) is 0 Å². The summed E-state index contributed by atoms with van der Waals surface area (Å²) in [5.41, 5.74) is 0. The van der Waals surface area contributed by atoms with Gasteiger partial charge in [-0.15, -0.1) is 0 Å². The molecule has 0 aliphatic rings. The van der Waals surface area contributed by atoms with Gasteiger partial charge in [0.1, 0.15) is 18.3 Å². The summed E-state index contributed by atoms with van der Waals surface area (Å²) in [5, 5.41) is 51.8. The SMILES string of the molecule is O.O=C(O)C(O)C(O)C(O)C(O)CO.[Sb]. The van der Waals surface area contributed by atoms with Gasteiger partial charge in [-0.2, -0.15) is 0 Å². The molecule has 8 N–H and O–H groups in total. The van der Waals surface area contributed by atoms with E-state index in [1.165, 1.54) is 0 Å². The van der Waals surface area contributed by atoms with E-state index in [-0.39, 0.29) is 29.9 Å². The summed E-state index contributed by atoms with van der Waals surface area (Å²) in [4.78, 5) is 10.1. The van der Waals surface area contributed by atoms with Crippen LogP contribution in [0.25, 0.3) is 0 Å². The van der Waals surface area contributed by atoms with Crippen LogP contribution in [0.4, 0.5) is 0 Å². The van der Waals surface area contributed by atoms with Gasteiger partial charge in [-0.25, -0.2) is 4.79 Å². The van der Waals surface area contributed by atoms with Gasteiger partial charge in [-0.3, -0.25) is 0 Å². The summed E-state index contributed by atoms with van der Waals surface area (Å²) < 4.78 is 0. The number of aliphatic hydroxyl groups is 5. The van der Waals surface area contributed by atoms with E-state index >= 15 is 0 Å². The van der Waals surface area contributed by atoms with E-state index in [1.807, 2.05) is 0 Å². The molecule has 8 nitrogen and oxygen atoms in total. The zero-order valence-electron chi connectivity index (χ0n) is 7.56. The third-order valence-corrected chi connectivity index (χ3v) is 1.51. The number of hydrogen-bond donors (Lipinski definition) is 6. The monoisotopic (exact) mass is 335 g/mol. The van der Waals surface area contributed by atoms with Crippen LogP contribution in [0, 0.1) is 0 Å². The van der Waals surface area contributed by atoms with Crippen LogP contribution in [0.5, 0.6) is 0 Å². The molecule has 0 amide bonds. The van der Waals surface area contributed by atoms with Gasteiger partial charge in [0.05, 0.1) is 6.61 Å². The molecule has 0 aromatic rings.